The van der Waals surface area contributed by atoms with E-state index < -0.39 is 0 Å². The minimum atomic E-state index is -0.130. The van der Waals surface area contributed by atoms with Gasteiger partial charge in [0.15, 0.2) is 0 Å². The topological polar surface area (TPSA) is 75.3 Å². The van der Waals surface area contributed by atoms with Gasteiger partial charge in [-0.15, -0.1) is 0 Å². The molecular formula is C15H16N2O2. The van der Waals surface area contributed by atoms with E-state index in [1.54, 1.807) is 36.4 Å². The molecule has 0 heterocycles. The van der Waals surface area contributed by atoms with Crippen LogP contribution in [0.2, 0.25) is 0 Å². The molecule has 2 aromatic rings. The highest BCUT2D eigenvalue weighted by molar-refractivity contribution is 5.92. The second-order valence-corrected chi connectivity index (χ2v) is 4.47. The number of benzene rings is 2. The van der Waals surface area contributed by atoms with Crippen molar-refractivity contribution in [3.05, 3.63) is 53.6 Å². The molecule has 0 aliphatic carbocycles. The average Bonchev–Trinajstić information content (AvgIpc) is 2.34. The lowest BCUT2D eigenvalue weighted by Gasteiger charge is -2.07. The summed E-state index contributed by atoms with van der Waals surface area (Å²) < 4.78 is 0. The number of hydrogen-bond acceptors (Lipinski definition) is 3. The van der Waals surface area contributed by atoms with Gasteiger partial charge in [0.05, 0.1) is 6.42 Å². The van der Waals surface area contributed by atoms with Gasteiger partial charge in [-0.2, -0.15) is 0 Å². The zero-order valence-corrected chi connectivity index (χ0v) is 10.7. The van der Waals surface area contributed by atoms with Crippen molar-refractivity contribution in [1.82, 2.24) is 0 Å². The third-order valence-electron chi connectivity index (χ3n) is 2.83. The Morgan fingerprint density at radius 3 is 2.74 bits per heavy atom. The smallest absolute Gasteiger partial charge is 0.228 e. The maximum atomic E-state index is 11.9. The van der Waals surface area contributed by atoms with Crippen molar-refractivity contribution < 1.29 is 9.90 Å². The first-order chi connectivity index (χ1) is 9.04. The van der Waals surface area contributed by atoms with Crippen molar-refractivity contribution in [2.45, 2.75) is 13.3 Å². The van der Waals surface area contributed by atoms with Crippen molar-refractivity contribution in [3.63, 3.8) is 0 Å². The Bertz CT molecular complexity index is 609. The van der Waals surface area contributed by atoms with Gasteiger partial charge in [0.2, 0.25) is 5.91 Å². The van der Waals surface area contributed by atoms with Gasteiger partial charge in [0, 0.05) is 11.4 Å². The SMILES string of the molecule is Cc1cc(NC(=O)Cc2cccc(O)c2)ccc1N. The quantitative estimate of drug-likeness (QED) is 0.738. The number of carbonyl (C=O) groups is 1. The van der Waals surface area contributed by atoms with Gasteiger partial charge in [0.25, 0.3) is 0 Å². The average molecular weight is 256 g/mol. The molecule has 2 aromatic carbocycles. The van der Waals surface area contributed by atoms with Crippen LogP contribution in [0, 0.1) is 6.92 Å². The Morgan fingerprint density at radius 2 is 2.05 bits per heavy atom. The summed E-state index contributed by atoms with van der Waals surface area (Å²) in [5, 5.41) is 12.1. The summed E-state index contributed by atoms with van der Waals surface area (Å²) in [7, 11) is 0. The molecule has 4 N–H and O–H groups in total. The maximum Gasteiger partial charge on any atom is 0.228 e. The number of nitrogen functional groups attached to an aromatic ring is 1. The van der Waals surface area contributed by atoms with E-state index in [0.29, 0.717) is 5.69 Å². The number of phenolic OH excluding ortho intramolecular Hbond substituents is 1. The third-order valence-corrected chi connectivity index (χ3v) is 2.83. The minimum Gasteiger partial charge on any atom is -0.508 e. The number of nitrogens with one attached hydrogen (secondary N) is 1. The van der Waals surface area contributed by atoms with Crippen LogP contribution in [0.4, 0.5) is 11.4 Å². The summed E-state index contributed by atoms with van der Waals surface area (Å²) in [6.45, 7) is 1.89. The standard InChI is InChI=1S/C15H16N2O2/c1-10-7-12(5-6-14(10)16)17-15(19)9-11-3-2-4-13(18)8-11/h2-8,18H,9,16H2,1H3,(H,17,19). The molecule has 2 rings (SSSR count). The molecule has 0 radical (unpaired) electrons. The van der Waals surface area contributed by atoms with Crippen molar-refractivity contribution in [1.29, 1.82) is 0 Å². The minimum absolute atomic E-state index is 0.130. The van der Waals surface area contributed by atoms with E-state index in [0.717, 1.165) is 16.8 Å². The first kappa shape index (κ1) is 13.0. The molecule has 19 heavy (non-hydrogen) atoms. The van der Waals surface area contributed by atoms with Crippen LogP contribution in [0.3, 0.4) is 0 Å². The van der Waals surface area contributed by atoms with Gasteiger partial charge in [-0.05, 0) is 48.4 Å². The maximum absolute atomic E-state index is 11.9. The first-order valence-electron chi connectivity index (χ1n) is 5.98. The van der Waals surface area contributed by atoms with Crippen LogP contribution < -0.4 is 11.1 Å². The fraction of sp³-hybridized carbons (Fsp3) is 0.133. The highest BCUT2D eigenvalue weighted by Gasteiger charge is 2.05. The van der Waals surface area contributed by atoms with E-state index in [1.165, 1.54) is 0 Å². The summed E-state index contributed by atoms with van der Waals surface area (Å²) in [5.41, 5.74) is 8.83. The zero-order chi connectivity index (χ0) is 13.8. The fourth-order valence-corrected chi connectivity index (χ4v) is 1.81. The van der Waals surface area contributed by atoms with Crippen molar-refractivity contribution >= 4 is 17.3 Å². The molecule has 0 atom stereocenters. The first-order valence-corrected chi connectivity index (χ1v) is 5.98. The molecule has 1 amide bonds. The van der Waals surface area contributed by atoms with Crippen LogP contribution in [0.5, 0.6) is 5.75 Å². The van der Waals surface area contributed by atoms with E-state index in [4.69, 9.17) is 5.73 Å². The molecule has 0 aliphatic heterocycles. The lowest BCUT2D eigenvalue weighted by atomic mass is 10.1. The molecule has 0 saturated heterocycles. The molecule has 0 fully saturated rings. The lowest BCUT2D eigenvalue weighted by Crippen LogP contribution is -2.14. The highest BCUT2D eigenvalue weighted by atomic mass is 16.3. The van der Waals surface area contributed by atoms with Crippen LogP contribution in [-0.2, 0) is 11.2 Å². The van der Waals surface area contributed by atoms with Crippen LogP contribution >= 0.6 is 0 Å². The van der Waals surface area contributed by atoms with E-state index >= 15 is 0 Å². The molecule has 0 aromatic heterocycles. The van der Waals surface area contributed by atoms with Crippen LogP contribution in [0.25, 0.3) is 0 Å². The van der Waals surface area contributed by atoms with E-state index in [2.05, 4.69) is 5.32 Å². The van der Waals surface area contributed by atoms with Gasteiger partial charge in [-0.3, -0.25) is 4.79 Å². The number of rotatable bonds is 3. The van der Waals surface area contributed by atoms with Crippen molar-refractivity contribution in [2.75, 3.05) is 11.1 Å². The Morgan fingerprint density at radius 1 is 1.26 bits per heavy atom. The van der Waals surface area contributed by atoms with Crippen molar-refractivity contribution in [2.24, 2.45) is 0 Å². The molecule has 0 bridgehead atoms. The van der Waals surface area contributed by atoms with Gasteiger partial charge in [-0.1, -0.05) is 12.1 Å². The van der Waals surface area contributed by atoms with Crippen molar-refractivity contribution in [3.8, 4) is 5.75 Å². The second-order valence-electron chi connectivity index (χ2n) is 4.47. The summed E-state index contributed by atoms with van der Waals surface area (Å²) >= 11 is 0. The third kappa shape index (κ3) is 3.48. The number of anilines is 2. The molecule has 4 heteroatoms. The summed E-state index contributed by atoms with van der Waals surface area (Å²) in [4.78, 5) is 11.9. The second kappa shape index (κ2) is 5.44. The van der Waals surface area contributed by atoms with Gasteiger partial charge in [0.1, 0.15) is 5.75 Å². The van der Waals surface area contributed by atoms with E-state index in [9.17, 15) is 9.90 Å². The molecule has 98 valence electrons. The van der Waals surface area contributed by atoms with Crippen LogP contribution in [0.1, 0.15) is 11.1 Å². The predicted octanol–water partition coefficient (Wildman–Crippen LogP) is 2.46. The Balaban J connectivity index is 2.03. The zero-order valence-electron chi connectivity index (χ0n) is 10.7. The largest absolute Gasteiger partial charge is 0.508 e. The number of phenols is 1. The number of aryl methyl sites for hydroxylation is 1. The van der Waals surface area contributed by atoms with E-state index in [1.807, 2.05) is 13.0 Å². The lowest BCUT2D eigenvalue weighted by molar-refractivity contribution is -0.115. The van der Waals surface area contributed by atoms with E-state index in [-0.39, 0.29) is 18.1 Å². The summed E-state index contributed by atoms with van der Waals surface area (Å²) in [5.74, 6) is 0.0309. The summed E-state index contributed by atoms with van der Waals surface area (Å²) in [6, 6.07) is 12.0. The predicted molar refractivity (Wildman–Crippen MR) is 76.0 cm³/mol. The number of nitrogens with two attached hydrogens (primary N) is 1. The monoisotopic (exact) mass is 256 g/mol. The Hall–Kier alpha value is -2.49. The normalized spacial score (nSPS) is 10.2. The van der Waals surface area contributed by atoms with Gasteiger partial charge in [-0.25, -0.2) is 0 Å². The highest BCUT2D eigenvalue weighted by Crippen LogP contribution is 2.17. The molecule has 0 spiro atoms. The number of carbonyl (C=O) groups excluding carboxylic acids is 1. The number of aromatic hydroxyl groups is 1. The fourth-order valence-electron chi connectivity index (χ4n) is 1.81. The Labute approximate surface area is 111 Å². The molecule has 0 unspecified atom stereocenters. The molecular weight excluding hydrogens is 240 g/mol. The molecule has 4 nitrogen and oxygen atoms in total. The molecule has 0 saturated carbocycles. The van der Waals surface area contributed by atoms with Crippen LogP contribution in [0.15, 0.2) is 42.5 Å². The van der Waals surface area contributed by atoms with Crippen LogP contribution in [-0.4, -0.2) is 11.0 Å². The Kier molecular flexibility index (Phi) is 3.71. The summed E-state index contributed by atoms with van der Waals surface area (Å²) in [6.07, 6.45) is 0.220. The molecule has 0 aliphatic rings. The number of amides is 1. The number of hydrogen-bond donors (Lipinski definition) is 3. The van der Waals surface area contributed by atoms with Gasteiger partial charge >= 0.3 is 0 Å². The van der Waals surface area contributed by atoms with Gasteiger partial charge < -0.3 is 16.2 Å².